The van der Waals surface area contributed by atoms with Gasteiger partial charge in [0.15, 0.2) is 18.1 Å². The number of hydrogen-bond donors (Lipinski definition) is 1. The van der Waals surface area contributed by atoms with E-state index < -0.39 is 0 Å². The number of amides is 1. The highest BCUT2D eigenvalue weighted by Crippen LogP contribution is 2.27. The lowest BCUT2D eigenvalue weighted by Gasteiger charge is -2.33. The number of aromatic hydroxyl groups is 1. The third-order valence-corrected chi connectivity index (χ3v) is 4.86. The van der Waals surface area contributed by atoms with Gasteiger partial charge in [-0.3, -0.25) is 4.79 Å². The van der Waals surface area contributed by atoms with Gasteiger partial charge in [0, 0.05) is 25.2 Å². The van der Waals surface area contributed by atoms with Crippen LogP contribution in [0.15, 0.2) is 30.6 Å². The minimum Gasteiger partial charge on any atom is -0.504 e. The van der Waals surface area contributed by atoms with Gasteiger partial charge >= 0.3 is 0 Å². The van der Waals surface area contributed by atoms with Crippen LogP contribution in [-0.4, -0.2) is 65.3 Å². The summed E-state index contributed by atoms with van der Waals surface area (Å²) in [5, 5.41) is 9.74. The lowest BCUT2D eigenvalue weighted by Crippen LogP contribution is -2.41. The van der Waals surface area contributed by atoms with Crippen LogP contribution in [0.2, 0.25) is 0 Å². The quantitative estimate of drug-likeness (QED) is 0.858. The second kappa shape index (κ2) is 7.79. The summed E-state index contributed by atoms with van der Waals surface area (Å²) < 4.78 is 10.9. The highest BCUT2D eigenvalue weighted by atomic mass is 16.5. The Labute approximate surface area is 157 Å². The molecule has 0 spiro atoms. The van der Waals surface area contributed by atoms with Crippen LogP contribution in [0.5, 0.6) is 11.5 Å². The summed E-state index contributed by atoms with van der Waals surface area (Å²) in [7, 11) is 0. The first-order valence-electron chi connectivity index (χ1n) is 9.06. The minimum absolute atomic E-state index is 0.0252. The van der Waals surface area contributed by atoms with E-state index in [9.17, 15) is 9.90 Å². The number of rotatable bonds is 4. The van der Waals surface area contributed by atoms with E-state index in [1.165, 1.54) is 6.07 Å². The van der Waals surface area contributed by atoms with Gasteiger partial charge < -0.3 is 24.4 Å². The molecule has 8 nitrogen and oxygen atoms in total. The van der Waals surface area contributed by atoms with E-state index in [2.05, 4.69) is 14.9 Å². The fraction of sp³-hybridized carbons (Fsp3) is 0.421. The number of phenols is 1. The number of ether oxygens (including phenoxy) is 2. The molecule has 27 heavy (non-hydrogen) atoms. The number of nitrogens with zero attached hydrogens (tertiary/aromatic N) is 4. The Kier molecular flexibility index (Phi) is 5.06. The molecule has 4 rings (SSSR count). The monoisotopic (exact) mass is 370 g/mol. The van der Waals surface area contributed by atoms with E-state index in [1.54, 1.807) is 29.4 Å². The van der Waals surface area contributed by atoms with Crippen molar-refractivity contribution in [3.63, 3.8) is 0 Å². The van der Waals surface area contributed by atoms with Crippen LogP contribution in [0.3, 0.4) is 0 Å². The van der Waals surface area contributed by atoms with Crippen LogP contribution in [0.25, 0.3) is 0 Å². The molecule has 1 aromatic heterocycles. The van der Waals surface area contributed by atoms with Gasteiger partial charge in [0.25, 0.3) is 5.91 Å². The second-order valence-corrected chi connectivity index (χ2v) is 6.54. The highest BCUT2D eigenvalue weighted by Gasteiger charge is 2.27. The lowest BCUT2D eigenvalue weighted by atomic mass is 10.0. The molecule has 2 aliphatic heterocycles. The predicted octanol–water partition coefficient (Wildman–Crippen LogP) is 0.982. The van der Waals surface area contributed by atoms with Gasteiger partial charge in [-0.25, -0.2) is 9.97 Å². The molecular formula is C19H22N4O4. The lowest BCUT2D eigenvalue weighted by molar-refractivity contribution is -0.134. The van der Waals surface area contributed by atoms with Crippen molar-refractivity contribution in [3.8, 4) is 11.5 Å². The maximum Gasteiger partial charge on any atom is 0.260 e. The number of anilines is 1. The van der Waals surface area contributed by atoms with Crippen LogP contribution in [0.4, 0.5) is 5.82 Å². The standard InChI is InChI=1S/C19H22N4O4/c24-16-3-1-2-4-17(16)27-12-18(25)23-6-5-14-15(11-23)20-13-21-19(14)22-7-9-26-10-8-22/h1-4,13,24H,5-12H2. The van der Waals surface area contributed by atoms with Crippen molar-refractivity contribution in [2.45, 2.75) is 13.0 Å². The maximum absolute atomic E-state index is 12.5. The first-order chi connectivity index (χ1) is 13.2. The molecule has 142 valence electrons. The zero-order valence-corrected chi connectivity index (χ0v) is 15.0. The molecule has 2 aliphatic rings. The molecule has 0 bridgehead atoms. The number of hydrogen-bond acceptors (Lipinski definition) is 7. The van der Waals surface area contributed by atoms with E-state index in [0.29, 0.717) is 38.5 Å². The van der Waals surface area contributed by atoms with Crippen LogP contribution in [0, 0.1) is 0 Å². The first kappa shape index (κ1) is 17.5. The van der Waals surface area contributed by atoms with Gasteiger partial charge in [-0.2, -0.15) is 0 Å². The molecule has 3 heterocycles. The highest BCUT2D eigenvalue weighted by molar-refractivity contribution is 5.78. The van der Waals surface area contributed by atoms with Crippen molar-refractivity contribution in [2.75, 3.05) is 44.4 Å². The van der Waals surface area contributed by atoms with Gasteiger partial charge in [-0.15, -0.1) is 0 Å². The van der Waals surface area contributed by atoms with E-state index >= 15 is 0 Å². The molecule has 0 atom stereocenters. The Hall–Kier alpha value is -2.87. The molecule has 1 aromatic carbocycles. The Morgan fingerprint density at radius 1 is 1.19 bits per heavy atom. The molecule has 2 aromatic rings. The van der Waals surface area contributed by atoms with Gasteiger partial charge in [-0.1, -0.05) is 12.1 Å². The normalized spacial score (nSPS) is 16.7. The molecule has 0 saturated carbocycles. The van der Waals surface area contributed by atoms with Gasteiger partial charge in [-0.05, 0) is 18.6 Å². The van der Waals surface area contributed by atoms with Crippen LogP contribution >= 0.6 is 0 Å². The van der Waals surface area contributed by atoms with E-state index in [1.807, 2.05) is 0 Å². The zero-order valence-electron chi connectivity index (χ0n) is 15.0. The fourth-order valence-corrected chi connectivity index (χ4v) is 3.41. The smallest absolute Gasteiger partial charge is 0.260 e. The summed E-state index contributed by atoms with van der Waals surface area (Å²) >= 11 is 0. The number of fused-ring (bicyclic) bond motifs is 1. The summed E-state index contributed by atoms with van der Waals surface area (Å²) in [4.78, 5) is 25.4. The summed E-state index contributed by atoms with van der Waals surface area (Å²) in [6.45, 7) is 3.97. The van der Waals surface area contributed by atoms with Crippen LogP contribution in [-0.2, 0) is 22.5 Å². The number of morpholine rings is 1. The molecule has 8 heteroatoms. The Morgan fingerprint density at radius 3 is 2.81 bits per heavy atom. The third kappa shape index (κ3) is 3.80. The molecule has 1 saturated heterocycles. The van der Waals surface area contributed by atoms with E-state index in [-0.39, 0.29) is 18.3 Å². The maximum atomic E-state index is 12.5. The largest absolute Gasteiger partial charge is 0.504 e. The summed E-state index contributed by atoms with van der Waals surface area (Å²) in [5.74, 6) is 1.16. The number of aromatic nitrogens is 2. The minimum atomic E-state index is -0.129. The van der Waals surface area contributed by atoms with Crippen molar-refractivity contribution >= 4 is 11.7 Å². The second-order valence-electron chi connectivity index (χ2n) is 6.54. The van der Waals surface area contributed by atoms with Crippen molar-refractivity contribution in [1.82, 2.24) is 14.9 Å². The molecule has 1 N–H and O–H groups in total. The SMILES string of the molecule is O=C(COc1ccccc1O)N1CCc2c(ncnc2N2CCOCC2)C1. The topological polar surface area (TPSA) is 88.0 Å². The third-order valence-electron chi connectivity index (χ3n) is 4.86. The molecular weight excluding hydrogens is 348 g/mol. The van der Waals surface area contributed by atoms with E-state index in [0.717, 1.165) is 30.2 Å². The number of carbonyl (C=O) groups is 1. The van der Waals surface area contributed by atoms with Crippen molar-refractivity contribution in [2.24, 2.45) is 0 Å². The van der Waals surface area contributed by atoms with Crippen molar-refractivity contribution in [3.05, 3.63) is 41.9 Å². The number of carbonyl (C=O) groups excluding carboxylic acids is 1. The average Bonchev–Trinajstić information content (AvgIpc) is 2.72. The molecule has 0 aliphatic carbocycles. The Balaban J connectivity index is 1.42. The van der Waals surface area contributed by atoms with Crippen molar-refractivity contribution in [1.29, 1.82) is 0 Å². The van der Waals surface area contributed by atoms with Gasteiger partial charge in [0.1, 0.15) is 12.1 Å². The zero-order chi connectivity index (χ0) is 18.6. The van der Waals surface area contributed by atoms with Crippen LogP contribution in [0.1, 0.15) is 11.3 Å². The summed E-state index contributed by atoms with van der Waals surface area (Å²) in [6.07, 6.45) is 2.28. The van der Waals surface area contributed by atoms with Crippen molar-refractivity contribution < 1.29 is 19.4 Å². The van der Waals surface area contributed by atoms with Gasteiger partial charge in [0.2, 0.25) is 0 Å². The number of para-hydroxylation sites is 2. The fourth-order valence-electron chi connectivity index (χ4n) is 3.41. The molecule has 1 fully saturated rings. The Morgan fingerprint density at radius 2 is 2.00 bits per heavy atom. The predicted molar refractivity (Wildman–Crippen MR) is 97.8 cm³/mol. The average molecular weight is 370 g/mol. The summed E-state index contributed by atoms with van der Waals surface area (Å²) in [6, 6.07) is 6.62. The number of benzene rings is 1. The first-order valence-corrected chi connectivity index (χ1v) is 9.06. The summed E-state index contributed by atoms with van der Waals surface area (Å²) in [5.41, 5.74) is 2.00. The number of phenolic OH excluding ortho intramolecular Hbond substituents is 1. The molecule has 0 radical (unpaired) electrons. The van der Waals surface area contributed by atoms with Gasteiger partial charge in [0.05, 0.1) is 25.5 Å². The van der Waals surface area contributed by atoms with Crippen LogP contribution < -0.4 is 9.64 Å². The Bertz CT molecular complexity index is 823. The molecule has 1 amide bonds. The van der Waals surface area contributed by atoms with E-state index in [4.69, 9.17) is 9.47 Å². The molecule has 0 unspecified atom stereocenters.